The molecule has 7 nitrogen and oxygen atoms in total. The summed E-state index contributed by atoms with van der Waals surface area (Å²) in [4.78, 5) is 43.2. The number of nitrogens with one attached hydrogen (secondary N) is 2. The van der Waals surface area contributed by atoms with Gasteiger partial charge in [0.25, 0.3) is 0 Å². The van der Waals surface area contributed by atoms with Crippen molar-refractivity contribution in [1.29, 1.82) is 0 Å². The van der Waals surface area contributed by atoms with Gasteiger partial charge in [0.15, 0.2) is 0 Å². The number of likely N-dealkylation sites (tertiary alicyclic amines) is 1. The molecule has 3 aliphatic heterocycles. The summed E-state index contributed by atoms with van der Waals surface area (Å²) in [7, 11) is 0. The summed E-state index contributed by atoms with van der Waals surface area (Å²) in [5, 5.41) is 16.3. The SMILES string of the molecule is CC[C@@H](CO)N1C(=O)[C@@H]2[C@H](C(=O)Nc3ccccc3)[C@@H]3CCC2(S3)C1C(=O)Nc1c(C)cccc1C. The number of nitrogens with zero attached hydrogens (tertiary/aromatic N) is 1. The number of aliphatic hydroxyl groups is 1. The average molecular weight is 508 g/mol. The van der Waals surface area contributed by atoms with E-state index in [4.69, 9.17) is 0 Å². The number of para-hydroxylation sites is 2. The quantitative estimate of drug-likeness (QED) is 0.530. The van der Waals surface area contributed by atoms with Crippen LogP contribution in [0.1, 0.15) is 37.3 Å². The summed E-state index contributed by atoms with van der Waals surface area (Å²) in [6, 6.07) is 13.9. The Labute approximate surface area is 216 Å². The summed E-state index contributed by atoms with van der Waals surface area (Å²) in [6.45, 7) is 5.57. The maximum atomic E-state index is 14.0. The number of hydrogen-bond donors (Lipinski definition) is 3. The van der Waals surface area contributed by atoms with Crippen molar-refractivity contribution in [3.05, 3.63) is 59.7 Å². The molecule has 2 aromatic carbocycles. The van der Waals surface area contributed by atoms with Gasteiger partial charge in [0.2, 0.25) is 17.7 Å². The molecule has 2 unspecified atom stereocenters. The van der Waals surface area contributed by atoms with Crippen LogP contribution in [0.25, 0.3) is 0 Å². The van der Waals surface area contributed by atoms with Crippen LogP contribution in [-0.2, 0) is 14.4 Å². The lowest BCUT2D eigenvalue weighted by atomic mass is 9.70. The van der Waals surface area contributed by atoms with Crippen LogP contribution >= 0.6 is 11.8 Å². The monoisotopic (exact) mass is 507 g/mol. The second-order valence-electron chi connectivity index (χ2n) is 10.2. The number of benzene rings is 2. The van der Waals surface area contributed by atoms with E-state index in [1.54, 1.807) is 16.7 Å². The minimum Gasteiger partial charge on any atom is -0.394 e. The normalized spacial score (nSPS) is 29.2. The highest BCUT2D eigenvalue weighted by Crippen LogP contribution is 2.66. The Balaban J connectivity index is 1.52. The number of anilines is 2. The zero-order valence-electron chi connectivity index (χ0n) is 20.9. The molecule has 2 bridgehead atoms. The molecule has 5 rings (SSSR count). The Morgan fingerprint density at radius 2 is 1.78 bits per heavy atom. The van der Waals surface area contributed by atoms with Crippen molar-refractivity contribution in [2.45, 2.75) is 62.1 Å². The standard InChI is InChI=1S/C28H33N3O4S/c1-4-19(15-32)31-24(26(34)30-23-16(2)9-8-10-17(23)3)28-14-13-20(36-28)21(22(28)27(31)35)25(33)29-18-11-6-5-7-12-18/h5-12,19-22,24,32H,4,13-15H2,1-3H3,(H,29,33)(H,30,34)/t19-,20-,21+,22-,24?,28?/m0/s1. The molecular weight excluding hydrogens is 474 g/mol. The van der Waals surface area contributed by atoms with Crippen LogP contribution in [0.4, 0.5) is 11.4 Å². The summed E-state index contributed by atoms with van der Waals surface area (Å²) >= 11 is 1.63. The molecule has 3 aliphatic rings. The number of amides is 3. The Kier molecular flexibility index (Phi) is 6.59. The lowest BCUT2D eigenvalue weighted by molar-refractivity contribution is -0.141. The van der Waals surface area contributed by atoms with Gasteiger partial charge in [0, 0.05) is 16.6 Å². The molecule has 0 radical (unpaired) electrons. The van der Waals surface area contributed by atoms with Crippen LogP contribution in [0, 0.1) is 25.7 Å². The summed E-state index contributed by atoms with van der Waals surface area (Å²) in [6.07, 6.45) is 1.99. The first-order chi connectivity index (χ1) is 17.3. The third-order valence-electron chi connectivity index (χ3n) is 8.14. The zero-order chi connectivity index (χ0) is 25.6. The first kappa shape index (κ1) is 24.8. The first-order valence-electron chi connectivity index (χ1n) is 12.7. The molecule has 8 heteroatoms. The Hall–Kier alpha value is -2.84. The number of thioether (sulfide) groups is 1. The van der Waals surface area contributed by atoms with Gasteiger partial charge in [-0.1, -0.05) is 43.3 Å². The number of carbonyl (C=O) groups excluding carboxylic acids is 3. The second-order valence-corrected chi connectivity index (χ2v) is 11.8. The molecule has 6 atom stereocenters. The molecule has 3 N–H and O–H groups in total. The van der Waals surface area contributed by atoms with Crippen LogP contribution < -0.4 is 10.6 Å². The molecule has 1 spiro atoms. The molecule has 2 aromatic rings. The van der Waals surface area contributed by atoms with E-state index in [9.17, 15) is 19.5 Å². The average Bonchev–Trinajstić information content (AvgIpc) is 3.51. The van der Waals surface area contributed by atoms with Crippen molar-refractivity contribution in [3.8, 4) is 0 Å². The molecule has 190 valence electrons. The molecule has 0 aliphatic carbocycles. The van der Waals surface area contributed by atoms with Crippen LogP contribution in [0.3, 0.4) is 0 Å². The Morgan fingerprint density at radius 1 is 1.08 bits per heavy atom. The van der Waals surface area contributed by atoms with Crippen molar-refractivity contribution in [3.63, 3.8) is 0 Å². The Bertz CT molecular complexity index is 1160. The van der Waals surface area contributed by atoms with Gasteiger partial charge in [-0.25, -0.2) is 0 Å². The van der Waals surface area contributed by atoms with Gasteiger partial charge in [0.05, 0.1) is 29.2 Å². The fourth-order valence-electron chi connectivity index (χ4n) is 6.45. The van der Waals surface area contributed by atoms with Crippen LogP contribution in [0.15, 0.2) is 48.5 Å². The maximum Gasteiger partial charge on any atom is 0.248 e. The fourth-order valence-corrected chi connectivity index (χ4v) is 8.65. The maximum absolute atomic E-state index is 14.0. The molecule has 0 saturated carbocycles. The number of fused-ring (bicyclic) bond motifs is 1. The van der Waals surface area contributed by atoms with Gasteiger partial charge in [0.1, 0.15) is 6.04 Å². The number of rotatable bonds is 7. The highest BCUT2D eigenvalue weighted by molar-refractivity contribution is 8.02. The molecule has 3 saturated heterocycles. The first-order valence-corrected chi connectivity index (χ1v) is 13.5. The van der Waals surface area contributed by atoms with E-state index in [2.05, 4.69) is 10.6 Å². The van der Waals surface area contributed by atoms with E-state index in [0.717, 1.165) is 23.2 Å². The number of hydrogen-bond acceptors (Lipinski definition) is 5. The van der Waals surface area contributed by atoms with Crippen LogP contribution in [0.2, 0.25) is 0 Å². The van der Waals surface area contributed by atoms with Gasteiger partial charge in [-0.3, -0.25) is 14.4 Å². The third kappa shape index (κ3) is 3.82. The largest absolute Gasteiger partial charge is 0.394 e. The van der Waals surface area contributed by atoms with Gasteiger partial charge in [-0.2, -0.15) is 0 Å². The molecule has 3 fully saturated rings. The summed E-state index contributed by atoms with van der Waals surface area (Å²) in [5.74, 6) is -1.73. The molecular formula is C28H33N3O4S. The van der Waals surface area contributed by atoms with Gasteiger partial charge >= 0.3 is 0 Å². The van der Waals surface area contributed by atoms with Crippen molar-refractivity contribution in [2.24, 2.45) is 11.8 Å². The molecule has 3 heterocycles. The van der Waals surface area contributed by atoms with Gasteiger partial charge < -0.3 is 20.6 Å². The van der Waals surface area contributed by atoms with E-state index in [0.29, 0.717) is 18.5 Å². The molecule has 0 aromatic heterocycles. The topological polar surface area (TPSA) is 98.7 Å². The Morgan fingerprint density at radius 3 is 2.42 bits per heavy atom. The molecule has 36 heavy (non-hydrogen) atoms. The predicted octanol–water partition coefficient (Wildman–Crippen LogP) is 3.74. The van der Waals surface area contributed by atoms with E-state index in [-0.39, 0.29) is 29.6 Å². The fraction of sp³-hybridized carbons (Fsp3) is 0.464. The van der Waals surface area contributed by atoms with Crippen LogP contribution in [0.5, 0.6) is 0 Å². The van der Waals surface area contributed by atoms with E-state index in [1.807, 2.05) is 69.3 Å². The van der Waals surface area contributed by atoms with Gasteiger partial charge in [-0.05, 0) is 56.4 Å². The van der Waals surface area contributed by atoms with Gasteiger partial charge in [-0.15, -0.1) is 11.8 Å². The summed E-state index contributed by atoms with van der Waals surface area (Å²) < 4.78 is -0.691. The lowest BCUT2D eigenvalue weighted by Gasteiger charge is -2.37. The second kappa shape index (κ2) is 9.56. The smallest absolute Gasteiger partial charge is 0.248 e. The van der Waals surface area contributed by atoms with E-state index in [1.165, 1.54) is 0 Å². The van der Waals surface area contributed by atoms with Crippen molar-refractivity contribution < 1.29 is 19.5 Å². The van der Waals surface area contributed by atoms with Crippen molar-refractivity contribution in [1.82, 2.24) is 4.90 Å². The third-order valence-corrected chi connectivity index (χ3v) is 10.1. The van der Waals surface area contributed by atoms with Crippen molar-refractivity contribution >= 4 is 40.9 Å². The zero-order valence-corrected chi connectivity index (χ0v) is 21.7. The predicted molar refractivity (Wildman–Crippen MR) is 142 cm³/mol. The number of aliphatic hydroxyl groups excluding tert-OH is 1. The minimum atomic E-state index is -0.754. The van der Waals surface area contributed by atoms with E-state index >= 15 is 0 Å². The lowest BCUT2D eigenvalue weighted by Crippen LogP contribution is -2.54. The van der Waals surface area contributed by atoms with E-state index < -0.39 is 28.7 Å². The molecule has 3 amide bonds. The van der Waals surface area contributed by atoms with Crippen LogP contribution in [-0.4, -0.2) is 56.4 Å². The number of aryl methyl sites for hydroxylation is 2. The number of carbonyl (C=O) groups is 3. The highest BCUT2D eigenvalue weighted by atomic mass is 32.2. The highest BCUT2D eigenvalue weighted by Gasteiger charge is 2.74. The minimum absolute atomic E-state index is 0.0190. The summed E-state index contributed by atoms with van der Waals surface area (Å²) in [5.41, 5.74) is 3.34. The van der Waals surface area contributed by atoms with Crippen molar-refractivity contribution in [2.75, 3.05) is 17.2 Å².